The lowest BCUT2D eigenvalue weighted by molar-refractivity contribution is 0.0886. The Labute approximate surface area is 141 Å². The molecule has 1 aromatic carbocycles. The Kier molecular flexibility index (Phi) is 4.66. The van der Waals surface area contributed by atoms with Gasteiger partial charge in [-0.25, -0.2) is 0 Å². The number of aliphatic hydroxyl groups is 1. The number of aromatic nitrogens is 2. The van der Waals surface area contributed by atoms with E-state index in [4.69, 9.17) is 9.63 Å². The van der Waals surface area contributed by atoms with E-state index in [9.17, 15) is 4.79 Å². The first-order valence-electron chi connectivity index (χ1n) is 8.42. The summed E-state index contributed by atoms with van der Waals surface area (Å²) in [6.07, 6.45) is 3.53. The Morgan fingerprint density at radius 2 is 2.08 bits per heavy atom. The van der Waals surface area contributed by atoms with Gasteiger partial charge in [-0.3, -0.25) is 4.79 Å². The summed E-state index contributed by atoms with van der Waals surface area (Å²) in [5.74, 6) is 1.56. The minimum atomic E-state index is -0.407. The molecule has 6 nitrogen and oxygen atoms in total. The van der Waals surface area contributed by atoms with Crippen molar-refractivity contribution in [3.63, 3.8) is 0 Å². The van der Waals surface area contributed by atoms with Crippen molar-refractivity contribution in [1.29, 1.82) is 0 Å². The number of aliphatic hydroxyl groups excluding tert-OH is 1. The molecule has 0 bridgehead atoms. The highest BCUT2D eigenvalue weighted by Gasteiger charge is 2.29. The van der Waals surface area contributed by atoms with Crippen molar-refractivity contribution in [3.8, 4) is 11.5 Å². The molecule has 2 N–H and O–H groups in total. The van der Waals surface area contributed by atoms with Gasteiger partial charge in [0.25, 0.3) is 11.8 Å². The summed E-state index contributed by atoms with van der Waals surface area (Å²) in [6, 6.07) is 7.13. The Morgan fingerprint density at radius 1 is 1.38 bits per heavy atom. The van der Waals surface area contributed by atoms with Gasteiger partial charge in [-0.2, -0.15) is 4.98 Å². The van der Waals surface area contributed by atoms with E-state index in [0.717, 1.165) is 30.7 Å². The molecule has 1 amide bonds. The first-order chi connectivity index (χ1) is 11.5. The van der Waals surface area contributed by atoms with Gasteiger partial charge in [0, 0.05) is 29.2 Å². The fraction of sp³-hybridized carbons (Fsp3) is 0.500. The average Bonchev–Trinajstić information content (AvgIpc) is 3.32. The number of amides is 1. The molecule has 128 valence electrons. The predicted molar refractivity (Wildman–Crippen MR) is 89.6 cm³/mol. The van der Waals surface area contributed by atoms with Crippen LogP contribution < -0.4 is 5.32 Å². The van der Waals surface area contributed by atoms with Crippen molar-refractivity contribution in [2.45, 2.75) is 51.0 Å². The number of nitrogens with zero attached hydrogens (tertiary/aromatic N) is 2. The lowest BCUT2D eigenvalue weighted by Crippen LogP contribution is -2.46. The quantitative estimate of drug-likeness (QED) is 0.815. The predicted octanol–water partition coefficient (Wildman–Crippen LogP) is 2.89. The number of nitrogens with one attached hydrogen (secondary N) is 1. The van der Waals surface area contributed by atoms with Gasteiger partial charge in [0.2, 0.25) is 0 Å². The van der Waals surface area contributed by atoms with Crippen molar-refractivity contribution in [3.05, 3.63) is 35.7 Å². The molecule has 24 heavy (non-hydrogen) atoms. The zero-order valence-corrected chi connectivity index (χ0v) is 14.1. The summed E-state index contributed by atoms with van der Waals surface area (Å²) >= 11 is 0. The second kappa shape index (κ2) is 6.73. The van der Waals surface area contributed by atoms with Crippen molar-refractivity contribution in [2.24, 2.45) is 0 Å². The molecule has 0 spiro atoms. The van der Waals surface area contributed by atoms with E-state index >= 15 is 0 Å². The van der Waals surface area contributed by atoms with Gasteiger partial charge in [0.1, 0.15) is 0 Å². The standard InChI is InChI=1S/C18H23N3O3/c1-3-18(2,10-11-22)20-16(23)13-6-8-14(9-7-13)17-19-15(21-24-17)12-4-5-12/h6-9,12,22H,3-5,10-11H2,1-2H3,(H,20,23). The SMILES string of the molecule is CCC(C)(CCO)NC(=O)c1ccc(-c2nc(C3CC3)no2)cc1. The van der Waals surface area contributed by atoms with E-state index in [0.29, 0.717) is 23.8 Å². The topological polar surface area (TPSA) is 88.2 Å². The highest BCUT2D eigenvalue weighted by molar-refractivity contribution is 5.95. The van der Waals surface area contributed by atoms with Crippen LogP contribution in [0.25, 0.3) is 11.5 Å². The van der Waals surface area contributed by atoms with Gasteiger partial charge in [-0.05, 0) is 56.9 Å². The van der Waals surface area contributed by atoms with Crippen molar-refractivity contribution in [1.82, 2.24) is 15.5 Å². The molecule has 1 aliphatic rings. The normalized spacial score (nSPS) is 16.6. The Morgan fingerprint density at radius 3 is 2.67 bits per heavy atom. The maximum Gasteiger partial charge on any atom is 0.257 e. The summed E-state index contributed by atoms with van der Waals surface area (Å²) < 4.78 is 5.29. The Bertz CT molecular complexity index is 707. The fourth-order valence-electron chi connectivity index (χ4n) is 2.54. The number of rotatable bonds is 7. The van der Waals surface area contributed by atoms with Gasteiger partial charge in [-0.1, -0.05) is 12.1 Å². The van der Waals surface area contributed by atoms with Crippen LogP contribution >= 0.6 is 0 Å². The molecule has 1 fully saturated rings. The van der Waals surface area contributed by atoms with Crippen LogP contribution in [0.2, 0.25) is 0 Å². The summed E-state index contributed by atoms with van der Waals surface area (Å²) in [5, 5.41) is 16.1. The van der Waals surface area contributed by atoms with Gasteiger partial charge in [-0.15, -0.1) is 0 Å². The summed E-state index contributed by atoms with van der Waals surface area (Å²) in [5.41, 5.74) is 0.966. The maximum atomic E-state index is 12.4. The second-order valence-corrected chi connectivity index (χ2v) is 6.65. The molecular formula is C18H23N3O3. The largest absolute Gasteiger partial charge is 0.396 e. The van der Waals surface area contributed by atoms with E-state index in [2.05, 4.69) is 15.5 Å². The molecule has 1 unspecified atom stereocenters. The van der Waals surface area contributed by atoms with E-state index < -0.39 is 5.54 Å². The first kappa shape index (κ1) is 16.6. The van der Waals surface area contributed by atoms with Crippen LogP contribution in [0.15, 0.2) is 28.8 Å². The Balaban J connectivity index is 1.70. The summed E-state index contributed by atoms with van der Waals surface area (Å²) in [4.78, 5) is 16.8. The molecule has 6 heteroatoms. The third kappa shape index (κ3) is 3.64. The lowest BCUT2D eigenvalue weighted by Gasteiger charge is -2.29. The van der Waals surface area contributed by atoms with Crippen molar-refractivity contribution in [2.75, 3.05) is 6.61 Å². The van der Waals surface area contributed by atoms with Gasteiger partial charge >= 0.3 is 0 Å². The maximum absolute atomic E-state index is 12.4. The van der Waals surface area contributed by atoms with Crippen LogP contribution in [0.4, 0.5) is 0 Å². The summed E-state index contributed by atoms with van der Waals surface area (Å²) in [7, 11) is 0. The van der Waals surface area contributed by atoms with Crippen LogP contribution in [0.1, 0.15) is 61.6 Å². The zero-order chi connectivity index (χ0) is 17.2. The number of carbonyl (C=O) groups is 1. The monoisotopic (exact) mass is 329 g/mol. The average molecular weight is 329 g/mol. The van der Waals surface area contributed by atoms with Gasteiger partial charge in [0.15, 0.2) is 5.82 Å². The van der Waals surface area contributed by atoms with Gasteiger partial charge < -0.3 is 14.9 Å². The molecule has 1 heterocycles. The third-order valence-electron chi connectivity index (χ3n) is 4.64. The molecule has 0 saturated heterocycles. The molecule has 1 aliphatic carbocycles. The van der Waals surface area contributed by atoms with Crippen molar-refractivity contribution < 1.29 is 14.4 Å². The van der Waals surface area contributed by atoms with Crippen LogP contribution in [0, 0.1) is 0 Å². The molecule has 0 radical (unpaired) electrons. The third-order valence-corrected chi connectivity index (χ3v) is 4.64. The number of carbonyl (C=O) groups excluding carboxylic acids is 1. The van der Waals surface area contributed by atoms with E-state index in [1.807, 2.05) is 26.0 Å². The van der Waals surface area contributed by atoms with Crippen molar-refractivity contribution >= 4 is 5.91 Å². The minimum absolute atomic E-state index is 0.0457. The molecular weight excluding hydrogens is 306 g/mol. The summed E-state index contributed by atoms with van der Waals surface area (Å²) in [6.45, 7) is 3.98. The molecule has 1 atom stereocenters. The minimum Gasteiger partial charge on any atom is -0.396 e. The molecule has 2 aromatic rings. The highest BCUT2D eigenvalue weighted by Crippen LogP contribution is 2.38. The zero-order valence-electron chi connectivity index (χ0n) is 14.1. The van der Waals surface area contributed by atoms with Crippen LogP contribution in [-0.2, 0) is 0 Å². The van der Waals surface area contributed by atoms with Crippen LogP contribution in [0.3, 0.4) is 0 Å². The first-order valence-corrected chi connectivity index (χ1v) is 8.42. The van der Waals surface area contributed by atoms with E-state index in [1.54, 1.807) is 12.1 Å². The molecule has 0 aliphatic heterocycles. The number of hydrogen-bond acceptors (Lipinski definition) is 5. The van der Waals surface area contributed by atoms with Gasteiger partial charge in [0.05, 0.1) is 0 Å². The fourth-order valence-corrected chi connectivity index (χ4v) is 2.54. The molecule has 3 rings (SSSR count). The second-order valence-electron chi connectivity index (χ2n) is 6.65. The smallest absolute Gasteiger partial charge is 0.257 e. The van der Waals surface area contributed by atoms with Crippen LogP contribution in [0.5, 0.6) is 0 Å². The highest BCUT2D eigenvalue weighted by atomic mass is 16.5. The lowest BCUT2D eigenvalue weighted by atomic mass is 9.94. The molecule has 1 aromatic heterocycles. The van der Waals surface area contributed by atoms with Crippen LogP contribution in [-0.4, -0.2) is 33.3 Å². The number of benzene rings is 1. The van der Waals surface area contributed by atoms with E-state index in [1.165, 1.54) is 0 Å². The van der Waals surface area contributed by atoms with E-state index in [-0.39, 0.29) is 12.5 Å². The number of hydrogen-bond donors (Lipinski definition) is 2. The molecule has 1 saturated carbocycles. The Hall–Kier alpha value is -2.21.